The highest BCUT2D eigenvalue weighted by atomic mass is 16.5. The van der Waals surface area contributed by atoms with Crippen LogP contribution in [0, 0.1) is 0 Å². The molecule has 0 spiro atoms. The third-order valence-corrected chi connectivity index (χ3v) is 5.19. The molecule has 2 aliphatic heterocycles. The number of H-pyrrole nitrogens is 1. The van der Waals surface area contributed by atoms with Gasteiger partial charge in [0.15, 0.2) is 0 Å². The van der Waals surface area contributed by atoms with Crippen LogP contribution < -0.4 is 10.5 Å². The minimum Gasteiger partial charge on any atom is -0.378 e. The Hall–Kier alpha value is -2.67. The number of benzene rings is 1. The van der Waals surface area contributed by atoms with E-state index < -0.39 is 0 Å². The molecule has 2 aliphatic rings. The molecule has 1 aromatic carbocycles. The number of fused-ring (bicyclic) bond motifs is 1. The Balaban J connectivity index is 1.45. The van der Waals surface area contributed by atoms with Crippen LogP contribution in [0.2, 0.25) is 0 Å². The Morgan fingerprint density at radius 3 is 2.70 bits per heavy atom. The van der Waals surface area contributed by atoms with E-state index >= 15 is 0 Å². The first kappa shape index (κ1) is 17.7. The number of hydrogen-bond donors (Lipinski definition) is 1. The number of nitrogens with zero attached hydrogens (tertiary/aromatic N) is 3. The van der Waals surface area contributed by atoms with Crippen LogP contribution in [0.1, 0.15) is 23.2 Å². The van der Waals surface area contributed by atoms with Crippen LogP contribution in [-0.2, 0) is 28.9 Å². The van der Waals surface area contributed by atoms with Crippen LogP contribution in [0.3, 0.4) is 0 Å². The van der Waals surface area contributed by atoms with Gasteiger partial charge in [0, 0.05) is 31.6 Å². The van der Waals surface area contributed by atoms with E-state index in [1.165, 1.54) is 0 Å². The number of nitrogens with one attached hydrogen (secondary N) is 1. The van der Waals surface area contributed by atoms with Gasteiger partial charge in [-0.15, -0.1) is 0 Å². The number of aryl methyl sites for hydroxylation is 1. The van der Waals surface area contributed by atoms with E-state index in [0.717, 1.165) is 17.7 Å². The lowest BCUT2D eigenvalue weighted by Gasteiger charge is -2.31. The first-order valence-corrected chi connectivity index (χ1v) is 9.47. The Morgan fingerprint density at radius 1 is 1.15 bits per heavy atom. The van der Waals surface area contributed by atoms with Gasteiger partial charge in [-0.2, -0.15) is 0 Å². The molecule has 1 saturated heterocycles. The van der Waals surface area contributed by atoms with Crippen molar-refractivity contribution in [2.45, 2.75) is 25.8 Å². The molecular weight excluding hydrogens is 344 g/mol. The molecule has 0 atom stereocenters. The first-order valence-electron chi connectivity index (χ1n) is 9.47. The molecule has 0 bridgehead atoms. The van der Waals surface area contributed by atoms with Crippen molar-refractivity contribution < 1.29 is 9.53 Å². The summed E-state index contributed by atoms with van der Waals surface area (Å²) in [5.74, 6) is 0.695. The molecule has 1 fully saturated rings. The summed E-state index contributed by atoms with van der Waals surface area (Å²) < 4.78 is 5.36. The second-order valence-corrected chi connectivity index (χ2v) is 6.97. The lowest BCUT2D eigenvalue weighted by molar-refractivity contribution is -0.132. The van der Waals surface area contributed by atoms with Crippen LogP contribution >= 0.6 is 0 Å². The van der Waals surface area contributed by atoms with Crippen LogP contribution in [0.25, 0.3) is 0 Å². The van der Waals surface area contributed by atoms with Gasteiger partial charge in [-0.05, 0) is 18.4 Å². The van der Waals surface area contributed by atoms with E-state index in [2.05, 4.69) is 9.97 Å². The minimum atomic E-state index is -0.0853. The van der Waals surface area contributed by atoms with E-state index in [9.17, 15) is 9.59 Å². The molecular formula is C20H24N4O3. The fourth-order valence-electron chi connectivity index (χ4n) is 3.62. The number of carbonyl (C=O) groups is 1. The Morgan fingerprint density at radius 2 is 1.93 bits per heavy atom. The van der Waals surface area contributed by atoms with Gasteiger partial charge in [0.05, 0.1) is 25.5 Å². The fraction of sp³-hybridized carbons (Fsp3) is 0.450. The van der Waals surface area contributed by atoms with Gasteiger partial charge in [-0.25, -0.2) is 4.98 Å². The summed E-state index contributed by atoms with van der Waals surface area (Å²) in [5.41, 5.74) is 2.50. The largest absolute Gasteiger partial charge is 0.378 e. The number of aromatic nitrogens is 2. The zero-order valence-corrected chi connectivity index (χ0v) is 15.3. The summed E-state index contributed by atoms with van der Waals surface area (Å²) in [6, 6.07) is 10.0. The molecule has 7 heteroatoms. The number of carbonyl (C=O) groups excluding carboxylic acids is 1. The molecule has 0 unspecified atom stereocenters. The van der Waals surface area contributed by atoms with Crippen LogP contribution in [0.15, 0.2) is 35.1 Å². The predicted molar refractivity (Wildman–Crippen MR) is 102 cm³/mol. The Labute approximate surface area is 158 Å². The molecule has 1 N–H and O–H groups in total. The monoisotopic (exact) mass is 368 g/mol. The van der Waals surface area contributed by atoms with Gasteiger partial charge in [0.25, 0.3) is 5.56 Å². The van der Waals surface area contributed by atoms with Crippen molar-refractivity contribution in [3.8, 4) is 0 Å². The number of aromatic amines is 1. The molecule has 0 radical (unpaired) electrons. The summed E-state index contributed by atoms with van der Waals surface area (Å²) in [6.45, 7) is 3.66. The van der Waals surface area contributed by atoms with E-state index in [1.54, 1.807) is 0 Å². The van der Waals surface area contributed by atoms with Gasteiger partial charge in [-0.3, -0.25) is 14.6 Å². The SMILES string of the molecule is O=C(CCc1ccccc1)N1CCc2c(nc(N3CCOCC3)[nH]c2=O)C1. The quantitative estimate of drug-likeness (QED) is 0.875. The fourth-order valence-corrected chi connectivity index (χ4v) is 3.62. The number of rotatable bonds is 4. The highest BCUT2D eigenvalue weighted by molar-refractivity contribution is 5.76. The van der Waals surface area contributed by atoms with Gasteiger partial charge >= 0.3 is 0 Å². The normalized spacial score (nSPS) is 16.9. The topological polar surface area (TPSA) is 78.5 Å². The summed E-state index contributed by atoms with van der Waals surface area (Å²) in [5, 5.41) is 0. The molecule has 1 amide bonds. The number of morpholine rings is 1. The predicted octanol–water partition coefficient (Wildman–Crippen LogP) is 1.12. The summed E-state index contributed by atoms with van der Waals surface area (Å²) in [6.07, 6.45) is 1.75. The minimum absolute atomic E-state index is 0.0853. The maximum absolute atomic E-state index is 12.6. The van der Waals surface area contributed by atoms with Crippen LogP contribution in [0.5, 0.6) is 0 Å². The third kappa shape index (κ3) is 4.03. The highest BCUT2D eigenvalue weighted by Crippen LogP contribution is 2.18. The Bertz CT molecular complexity index is 859. The van der Waals surface area contributed by atoms with E-state index in [0.29, 0.717) is 63.7 Å². The van der Waals surface area contributed by atoms with Crippen molar-refractivity contribution >= 4 is 11.9 Å². The second-order valence-electron chi connectivity index (χ2n) is 6.97. The molecule has 1 aromatic heterocycles. The second kappa shape index (κ2) is 7.92. The van der Waals surface area contributed by atoms with Crippen molar-refractivity contribution in [1.82, 2.24) is 14.9 Å². The maximum Gasteiger partial charge on any atom is 0.255 e. The molecule has 27 heavy (non-hydrogen) atoms. The number of amides is 1. The maximum atomic E-state index is 12.6. The number of hydrogen-bond acceptors (Lipinski definition) is 5. The zero-order valence-electron chi connectivity index (χ0n) is 15.3. The van der Waals surface area contributed by atoms with Crippen molar-refractivity contribution in [1.29, 1.82) is 0 Å². The van der Waals surface area contributed by atoms with Crippen molar-refractivity contribution in [2.75, 3.05) is 37.7 Å². The molecule has 7 nitrogen and oxygen atoms in total. The first-order chi connectivity index (χ1) is 13.2. The van der Waals surface area contributed by atoms with Crippen molar-refractivity contribution in [3.63, 3.8) is 0 Å². The third-order valence-electron chi connectivity index (χ3n) is 5.19. The molecule has 0 saturated carbocycles. The average molecular weight is 368 g/mol. The lowest BCUT2D eigenvalue weighted by Crippen LogP contribution is -2.42. The number of ether oxygens (including phenoxy) is 1. The zero-order chi connectivity index (χ0) is 18.6. The molecule has 4 rings (SSSR count). The lowest BCUT2D eigenvalue weighted by atomic mass is 10.0. The van der Waals surface area contributed by atoms with Crippen LogP contribution in [0.4, 0.5) is 5.95 Å². The van der Waals surface area contributed by atoms with Crippen LogP contribution in [-0.4, -0.2) is 53.6 Å². The summed E-state index contributed by atoms with van der Waals surface area (Å²) >= 11 is 0. The van der Waals surface area contributed by atoms with E-state index in [-0.39, 0.29) is 11.5 Å². The van der Waals surface area contributed by atoms with Crippen molar-refractivity contribution in [3.05, 3.63) is 57.5 Å². The highest BCUT2D eigenvalue weighted by Gasteiger charge is 2.25. The standard InChI is InChI=1S/C20H24N4O3/c25-18(7-6-15-4-2-1-3-5-15)24-9-8-16-17(14-24)21-20(22-19(16)26)23-10-12-27-13-11-23/h1-5H,6-14H2,(H,21,22,26). The molecule has 2 aromatic rings. The van der Waals surface area contributed by atoms with Gasteiger partial charge in [-0.1, -0.05) is 30.3 Å². The van der Waals surface area contributed by atoms with Gasteiger partial charge < -0.3 is 14.5 Å². The smallest absolute Gasteiger partial charge is 0.255 e. The summed E-state index contributed by atoms with van der Waals surface area (Å²) in [7, 11) is 0. The molecule has 3 heterocycles. The molecule has 142 valence electrons. The average Bonchev–Trinajstić information content (AvgIpc) is 2.73. The van der Waals surface area contributed by atoms with Gasteiger partial charge in [0.2, 0.25) is 11.9 Å². The van der Waals surface area contributed by atoms with E-state index in [1.807, 2.05) is 40.1 Å². The summed E-state index contributed by atoms with van der Waals surface area (Å²) in [4.78, 5) is 36.5. The van der Waals surface area contributed by atoms with Crippen molar-refractivity contribution in [2.24, 2.45) is 0 Å². The molecule has 0 aliphatic carbocycles. The number of anilines is 1. The van der Waals surface area contributed by atoms with Gasteiger partial charge in [0.1, 0.15) is 0 Å². The Kier molecular flexibility index (Phi) is 5.20. The van der Waals surface area contributed by atoms with E-state index in [4.69, 9.17) is 4.74 Å².